The molecule has 0 amide bonds. The van der Waals surface area contributed by atoms with Gasteiger partial charge in [0.15, 0.2) is 5.82 Å². The molecule has 1 N–H and O–H groups in total. The van der Waals surface area contributed by atoms with Crippen molar-refractivity contribution in [2.75, 3.05) is 51.0 Å². The number of halogens is 3. The molecule has 9 rings (SSSR count). The van der Waals surface area contributed by atoms with Crippen LogP contribution in [-0.2, 0) is 11.2 Å². The van der Waals surface area contributed by atoms with E-state index in [1.807, 2.05) is 6.07 Å². The van der Waals surface area contributed by atoms with Gasteiger partial charge in [-0.1, -0.05) is 6.92 Å². The number of nitrogens with one attached hydrogen (secondary N) is 1. The summed E-state index contributed by atoms with van der Waals surface area (Å²) in [6.45, 7) is 5.37. The minimum atomic E-state index is -0.908. The van der Waals surface area contributed by atoms with Crippen molar-refractivity contribution in [1.82, 2.24) is 30.0 Å². The lowest BCUT2D eigenvalue weighted by Gasteiger charge is -2.31. The van der Waals surface area contributed by atoms with Crippen molar-refractivity contribution in [3.63, 3.8) is 0 Å². The third-order valence-corrected chi connectivity index (χ3v) is 10.8. The highest BCUT2D eigenvalue weighted by molar-refractivity contribution is 6.02. The van der Waals surface area contributed by atoms with Gasteiger partial charge in [-0.3, -0.25) is 10.00 Å². The van der Waals surface area contributed by atoms with Crippen LogP contribution in [-0.4, -0.2) is 93.9 Å². The van der Waals surface area contributed by atoms with Gasteiger partial charge in [-0.05, 0) is 68.2 Å². The molecule has 0 spiro atoms. The largest absolute Gasteiger partial charge is 0.475 e. The first-order chi connectivity index (χ1) is 22.4. The standard InChI is InChI=1S/C33H36F3N7O3/c1-17-5-2-6-18-11-21-23(29(36)41-40-21)24(22(17)18)27-26(35)28-25-30(43-9-4-10-44-14-20(43)15-45-31(25)37-27)39-32(38-28)46-16-33-7-3-8-42(33)13-19(34)12-33/h11,17,19-20H,2-10,12-16H2,1H3,(H,40,41)/t17-,19-,20+,33+/m1/s1. The quantitative estimate of drug-likeness (QED) is 0.323. The van der Waals surface area contributed by atoms with Gasteiger partial charge < -0.3 is 19.1 Å². The minimum absolute atomic E-state index is 0.000461. The normalized spacial score (nSPS) is 27.7. The molecule has 7 heterocycles. The number of nitrogens with zero attached hydrogens (tertiary/aromatic N) is 6. The molecule has 13 heteroatoms. The Balaban J connectivity index is 1.26. The topological polar surface area (TPSA) is 102 Å². The molecular formula is C33H36F3N7O3. The zero-order valence-electron chi connectivity index (χ0n) is 25.8. The number of aromatic nitrogens is 5. The van der Waals surface area contributed by atoms with Gasteiger partial charge >= 0.3 is 6.01 Å². The maximum absolute atomic E-state index is 17.2. The van der Waals surface area contributed by atoms with Crippen molar-refractivity contribution in [2.45, 2.75) is 75.5 Å². The first-order valence-electron chi connectivity index (χ1n) is 16.5. The molecular weight excluding hydrogens is 599 g/mol. The van der Waals surface area contributed by atoms with E-state index in [0.717, 1.165) is 56.2 Å². The van der Waals surface area contributed by atoms with E-state index in [1.165, 1.54) is 0 Å². The van der Waals surface area contributed by atoms with Gasteiger partial charge in [0.2, 0.25) is 11.8 Å². The zero-order chi connectivity index (χ0) is 31.2. The number of ether oxygens (including phenoxy) is 3. The molecule has 0 radical (unpaired) electrons. The van der Waals surface area contributed by atoms with Crippen LogP contribution in [0.4, 0.5) is 19.0 Å². The summed E-state index contributed by atoms with van der Waals surface area (Å²) >= 11 is 0. The van der Waals surface area contributed by atoms with Gasteiger partial charge in [0.05, 0.1) is 29.1 Å². The van der Waals surface area contributed by atoms with Crippen LogP contribution in [0.3, 0.4) is 0 Å². The molecule has 3 aromatic heterocycles. The first-order valence-corrected chi connectivity index (χ1v) is 16.5. The van der Waals surface area contributed by atoms with Crippen LogP contribution in [0.1, 0.15) is 62.5 Å². The van der Waals surface area contributed by atoms with E-state index >= 15 is 8.78 Å². The Kier molecular flexibility index (Phi) is 6.61. The molecule has 4 aliphatic heterocycles. The Morgan fingerprint density at radius 3 is 2.93 bits per heavy atom. The number of hydrogen-bond acceptors (Lipinski definition) is 9. The monoisotopic (exact) mass is 635 g/mol. The molecule has 1 aromatic carbocycles. The summed E-state index contributed by atoms with van der Waals surface area (Å²) in [5.41, 5.74) is 2.25. The predicted molar refractivity (Wildman–Crippen MR) is 164 cm³/mol. The van der Waals surface area contributed by atoms with Crippen LogP contribution in [0.25, 0.3) is 33.1 Å². The summed E-state index contributed by atoms with van der Waals surface area (Å²) in [5, 5.41) is 7.21. The number of aromatic amines is 1. The summed E-state index contributed by atoms with van der Waals surface area (Å²) in [4.78, 5) is 18.6. The van der Waals surface area contributed by atoms with Gasteiger partial charge in [-0.15, -0.1) is 0 Å². The van der Waals surface area contributed by atoms with Crippen molar-refractivity contribution in [3.8, 4) is 23.1 Å². The average Bonchev–Trinajstić information content (AvgIpc) is 3.59. The maximum atomic E-state index is 17.2. The van der Waals surface area contributed by atoms with Crippen molar-refractivity contribution in [3.05, 3.63) is 29.0 Å². The summed E-state index contributed by atoms with van der Waals surface area (Å²) in [5.74, 6) is -0.614. The Labute approximate surface area is 263 Å². The van der Waals surface area contributed by atoms with Crippen molar-refractivity contribution < 1.29 is 27.4 Å². The van der Waals surface area contributed by atoms with E-state index in [1.54, 1.807) is 0 Å². The molecule has 3 saturated heterocycles. The number of pyridine rings is 1. The average molecular weight is 636 g/mol. The number of hydrogen-bond donors (Lipinski definition) is 1. The lowest BCUT2D eigenvalue weighted by Crippen LogP contribution is -2.43. The molecule has 1 aliphatic carbocycles. The van der Waals surface area contributed by atoms with E-state index in [2.05, 4.69) is 31.9 Å². The fourth-order valence-corrected chi connectivity index (χ4v) is 8.69. The van der Waals surface area contributed by atoms with E-state index in [4.69, 9.17) is 24.2 Å². The number of rotatable bonds is 4. The van der Waals surface area contributed by atoms with Crippen molar-refractivity contribution in [2.24, 2.45) is 0 Å². The van der Waals surface area contributed by atoms with E-state index in [0.29, 0.717) is 55.0 Å². The molecule has 4 aromatic rings. The van der Waals surface area contributed by atoms with Crippen molar-refractivity contribution >= 4 is 27.6 Å². The second-order valence-corrected chi connectivity index (χ2v) is 13.6. The van der Waals surface area contributed by atoms with Gasteiger partial charge in [0.1, 0.15) is 41.8 Å². The molecule has 10 nitrogen and oxygen atoms in total. The second-order valence-electron chi connectivity index (χ2n) is 13.6. The summed E-state index contributed by atoms with van der Waals surface area (Å²) in [6, 6.07) is 1.72. The highest BCUT2D eigenvalue weighted by Gasteiger charge is 2.49. The Morgan fingerprint density at radius 2 is 2.02 bits per heavy atom. The number of alkyl halides is 1. The summed E-state index contributed by atoms with van der Waals surface area (Å²) in [6.07, 6.45) is 4.69. The molecule has 0 bridgehead atoms. The summed E-state index contributed by atoms with van der Waals surface area (Å²) < 4.78 is 65.7. The Bertz CT molecular complexity index is 1870. The van der Waals surface area contributed by atoms with Gasteiger partial charge in [0, 0.05) is 31.7 Å². The SMILES string of the molecule is C[C@@H]1CCCc2cc3n[nH]c(F)c3c(-c3nc4c5c(nc(OC[C@@]67CCCN6C[C@H](F)C7)nc5c3F)N3CCCOC[C@H]3CO4)c21. The Morgan fingerprint density at radius 1 is 1.11 bits per heavy atom. The number of benzene rings is 1. The minimum Gasteiger partial charge on any atom is -0.475 e. The molecule has 3 fully saturated rings. The fraction of sp³-hybridized carbons (Fsp3) is 0.576. The molecule has 0 saturated carbocycles. The predicted octanol–water partition coefficient (Wildman–Crippen LogP) is 5.23. The lowest BCUT2D eigenvalue weighted by atomic mass is 9.79. The van der Waals surface area contributed by atoms with Gasteiger partial charge in [-0.25, -0.2) is 13.8 Å². The first kappa shape index (κ1) is 28.5. The van der Waals surface area contributed by atoms with Crippen LogP contribution in [0.2, 0.25) is 0 Å². The van der Waals surface area contributed by atoms with Crippen LogP contribution in [0.15, 0.2) is 6.07 Å². The van der Waals surface area contributed by atoms with E-state index < -0.39 is 23.5 Å². The molecule has 0 unspecified atom stereocenters. The number of anilines is 1. The van der Waals surface area contributed by atoms with Crippen LogP contribution < -0.4 is 14.4 Å². The molecule has 242 valence electrons. The van der Waals surface area contributed by atoms with Crippen LogP contribution >= 0.6 is 0 Å². The lowest BCUT2D eigenvalue weighted by molar-refractivity contribution is 0.107. The zero-order valence-corrected chi connectivity index (χ0v) is 25.8. The molecule has 46 heavy (non-hydrogen) atoms. The van der Waals surface area contributed by atoms with Gasteiger partial charge in [0.25, 0.3) is 0 Å². The smallest absolute Gasteiger partial charge is 0.319 e. The third-order valence-electron chi connectivity index (χ3n) is 10.8. The van der Waals surface area contributed by atoms with Crippen LogP contribution in [0.5, 0.6) is 11.9 Å². The highest BCUT2D eigenvalue weighted by Crippen LogP contribution is 2.47. The van der Waals surface area contributed by atoms with Crippen molar-refractivity contribution in [1.29, 1.82) is 0 Å². The van der Waals surface area contributed by atoms with Crippen LogP contribution in [0, 0.1) is 11.8 Å². The second kappa shape index (κ2) is 10.7. The van der Waals surface area contributed by atoms with Gasteiger partial charge in [-0.2, -0.15) is 19.5 Å². The van der Waals surface area contributed by atoms with E-state index in [9.17, 15) is 4.39 Å². The van der Waals surface area contributed by atoms with E-state index in [-0.39, 0.29) is 53.7 Å². The third kappa shape index (κ3) is 4.30. The number of H-pyrrole nitrogens is 1. The fourth-order valence-electron chi connectivity index (χ4n) is 8.69. The maximum Gasteiger partial charge on any atom is 0.319 e. The number of aryl methyl sites for hydroxylation is 1. The number of fused-ring (bicyclic) bond motifs is 5. The molecule has 5 aliphatic rings. The highest BCUT2D eigenvalue weighted by atomic mass is 19.1. The summed E-state index contributed by atoms with van der Waals surface area (Å²) in [7, 11) is 0. The molecule has 4 atom stereocenters. The Hall–Kier alpha value is -3.71.